The van der Waals surface area contributed by atoms with Crippen LogP contribution < -0.4 is 10.5 Å². The van der Waals surface area contributed by atoms with Crippen molar-refractivity contribution in [2.45, 2.75) is 6.92 Å². The van der Waals surface area contributed by atoms with E-state index in [1.807, 2.05) is 31.2 Å². The van der Waals surface area contributed by atoms with Crippen molar-refractivity contribution in [1.82, 2.24) is 4.98 Å². The number of pyridine rings is 1. The Hall–Kier alpha value is -2.03. The molecule has 16 heavy (non-hydrogen) atoms. The monoisotopic (exact) mass is 216 g/mol. The van der Waals surface area contributed by atoms with E-state index in [1.54, 1.807) is 18.3 Å². The smallest absolute Gasteiger partial charge is 0.166 e. The molecule has 1 heterocycles. The highest BCUT2D eigenvalue weighted by Gasteiger charge is 1.99. The molecular weight excluding hydrogens is 200 g/mol. The molecule has 0 amide bonds. The summed E-state index contributed by atoms with van der Waals surface area (Å²) < 4.78 is 5.47. The Bertz CT molecular complexity index is 408. The van der Waals surface area contributed by atoms with Crippen LogP contribution in [-0.4, -0.2) is 11.6 Å². The zero-order chi connectivity index (χ0) is 11.8. The second-order valence-corrected chi connectivity index (χ2v) is 3.22. The Labute approximate surface area is 96.0 Å². The first-order chi connectivity index (χ1) is 7.74. The van der Waals surface area contributed by atoms with Gasteiger partial charge in [0.05, 0.1) is 0 Å². The number of nitrogen functional groups attached to an aromatic ring is 1. The summed E-state index contributed by atoms with van der Waals surface area (Å²) in [4.78, 5) is 3.93. The minimum atomic E-state index is 0.396. The predicted molar refractivity (Wildman–Crippen MR) is 67.2 cm³/mol. The Morgan fingerprint density at radius 3 is 3.06 bits per heavy atom. The molecule has 0 aliphatic carbocycles. The number of allylic oxidation sites excluding steroid dienone is 3. The molecule has 0 aromatic carbocycles. The van der Waals surface area contributed by atoms with Gasteiger partial charge in [0.2, 0.25) is 0 Å². The van der Waals surface area contributed by atoms with E-state index < -0.39 is 0 Å². The molecule has 0 spiro atoms. The summed E-state index contributed by atoms with van der Waals surface area (Å²) in [7, 11) is 0. The van der Waals surface area contributed by atoms with Gasteiger partial charge in [-0.2, -0.15) is 0 Å². The second kappa shape index (κ2) is 6.45. The molecule has 1 rings (SSSR count). The normalized spacial score (nSPS) is 11.1. The molecule has 1 aromatic rings. The van der Waals surface area contributed by atoms with Crippen molar-refractivity contribution in [2.24, 2.45) is 0 Å². The lowest BCUT2D eigenvalue weighted by atomic mass is 10.3. The second-order valence-electron chi connectivity index (χ2n) is 3.22. The molecule has 0 bridgehead atoms. The third-order valence-electron chi connectivity index (χ3n) is 1.85. The summed E-state index contributed by atoms with van der Waals surface area (Å²) in [5.74, 6) is 0.982. The van der Waals surface area contributed by atoms with Gasteiger partial charge in [-0.3, -0.25) is 0 Å². The first kappa shape index (κ1) is 12.0. The largest absolute Gasteiger partial charge is 0.485 e. The fourth-order valence-electron chi connectivity index (χ4n) is 1.05. The molecule has 0 fully saturated rings. The van der Waals surface area contributed by atoms with Gasteiger partial charge in [-0.15, -0.1) is 0 Å². The van der Waals surface area contributed by atoms with Gasteiger partial charge in [0.25, 0.3) is 0 Å². The maximum absolute atomic E-state index is 5.63. The maximum atomic E-state index is 5.63. The SMILES string of the molecule is C=C(/C=C\C=C/C)COc1cccnc1N. The third kappa shape index (κ3) is 4.00. The lowest BCUT2D eigenvalue weighted by molar-refractivity contribution is 0.357. The summed E-state index contributed by atoms with van der Waals surface area (Å²) in [6.07, 6.45) is 9.32. The number of hydrogen-bond donors (Lipinski definition) is 1. The number of hydrogen-bond acceptors (Lipinski definition) is 3. The Kier molecular flexibility index (Phi) is 4.86. The molecule has 1 aromatic heterocycles. The summed E-state index contributed by atoms with van der Waals surface area (Å²) in [5.41, 5.74) is 6.51. The van der Waals surface area contributed by atoms with Gasteiger partial charge >= 0.3 is 0 Å². The quantitative estimate of drug-likeness (QED) is 0.770. The molecule has 0 atom stereocenters. The fraction of sp³-hybridized carbons (Fsp3) is 0.154. The topological polar surface area (TPSA) is 48.1 Å². The van der Waals surface area contributed by atoms with Crippen molar-refractivity contribution in [2.75, 3.05) is 12.3 Å². The van der Waals surface area contributed by atoms with E-state index in [0.29, 0.717) is 18.2 Å². The van der Waals surface area contributed by atoms with Crippen LogP contribution in [0.15, 0.2) is 54.8 Å². The molecule has 3 nitrogen and oxygen atoms in total. The molecule has 0 aliphatic rings. The van der Waals surface area contributed by atoms with Gasteiger partial charge in [0.15, 0.2) is 11.6 Å². The lowest BCUT2D eigenvalue weighted by Crippen LogP contribution is -2.02. The number of ether oxygens (including phenoxy) is 1. The van der Waals surface area contributed by atoms with Crippen LogP contribution in [0.25, 0.3) is 0 Å². The molecule has 0 unspecified atom stereocenters. The number of nitrogens with zero attached hydrogens (tertiary/aromatic N) is 1. The Morgan fingerprint density at radius 2 is 2.38 bits per heavy atom. The molecule has 2 N–H and O–H groups in total. The van der Waals surface area contributed by atoms with Crippen LogP contribution in [-0.2, 0) is 0 Å². The standard InChI is InChI=1S/C13H16N2O/c1-3-4-5-7-11(2)10-16-12-8-6-9-15-13(12)14/h3-9H,2,10H2,1H3,(H2,14,15)/b4-3-,7-5-. The van der Waals surface area contributed by atoms with Crippen molar-refractivity contribution < 1.29 is 4.74 Å². The zero-order valence-corrected chi connectivity index (χ0v) is 9.39. The molecule has 84 valence electrons. The molecular formula is C13H16N2O. The van der Waals surface area contributed by atoms with Crippen LogP contribution in [0.1, 0.15) is 6.92 Å². The third-order valence-corrected chi connectivity index (χ3v) is 1.85. The molecule has 0 radical (unpaired) electrons. The first-order valence-corrected chi connectivity index (χ1v) is 5.04. The fourth-order valence-corrected chi connectivity index (χ4v) is 1.05. The minimum Gasteiger partial charge on any atom is -0.485 e. The zero-order valence-electron chi connectivity index (χ0n) is 9.39. The van der Waals surface area contributed by atoms with Crippen molar-refractivity contribution >= 4 is 5.82 Å². The van der Waals surface area contributed by atoms with Crippen molar-refractivity contribution in [3.8, 4) is 5.75 Å². The summed E-state index contributed by atoms with van der Waals surface area (Å²) in [5, 5.41) is 0. The van der Waals surface area contributed by atoms with Gasteiger partial charge in [0, 0.05) is 6.20 Å². The van der Waals surface area contributed by atoms with Gasteiger partial charge in [-0.1, -0.05) is 30.9 Å². The van der Waals surface area contributed by atoms with Crippen LogP contribution >= 0.6 is 0 Å². The molecule has 0 saturated heterocycles. The van der Waals surface area contributed by atoms with E-state index in [0.717, 1.165) is 5.57 Å². The highest BCUT2D eigenvalue weighted by molar-refractivity contribution is 5.45. The molecule has 3 heteroatoms. The van der Waals surface area contributed by atoms with Crippen LogP contribution in [0.2, 0.25) is 0 Å². The van der Waals surface area contributed by atoms with Crippen molar-refractivity contribution in [1.29, 1.82) is 0 Å². The van der Waals surface area contributed by atoms with E-state index in [2.05, 4.69) is 11.6 Å². The number of rotatable bonds is 5. The van der Waals surface area contributed by atoms with Crippen LogP contribution in [0, 0.1) is 0 Å². The van der Waals surface area contributed by atoms with Gasteiger partial charge < -0.3 is 10.5 Å². The average molecular weight is 216 g/mol. The first-order valence-electron chi connectivity index (χ1n) is 5.04. The van der Waals surface area contributed by atoms with Crippen LogP contribution in [0.4, 0.5) is 5.82 Å². The summed E-state index contributed by atoms with van der Waals surface area (Å²) in [6.45, 7) is 6.23. The van der Waals surface area contributed by atoms with Gasteiger partial charge in [-0.25, -0.2) is 4.98 Å². The van der Waals surface area contributed by atoms with Crippen molar-refractivity contribution in [3.05, 3.63) is 54.8 Å². The van der Waals surface area contributed by atoms with Gasteiger partial charge in [0.1, 0.15) is 6.61 Å². The summed E-state index contributed by atoms with van der Waals surface area (Å²) >= 11 is 0. The number of nitrogens with two attached hydrogens (primary N) is 1. The molecule has 0 saturated carbocycles. The summed E-state index contributed by atoms with van der Waals surface area (Å²) in [6, 6.07) is 3.56. The number of aromatic nitrogens is 1. The molecule has 0 aliphatic heterocycles. The van der Waals surface area contributed by atoms with Crippen LogP contribution in [0.5, 0.6) is 5.75 Å². The van der Waals surface area contributed by atoms with E-state index in [4.69, 9.17) is 10.5 Å². The maximum Gasteiger partial charge on any atom is 0.166 e. The lowest BCUT2D eigenvalue weighted by Gasteiger charge is -2.07. The predicted octanol–water partition coefficient (Wildman–Crippen LogP) is 2.73. The van der Waals surface area contributed by atoms with E-state index in [9.17, 15) is 0 Å². The highest BCUT2D eigenvalue weighted by atomic mass is 16.5. The Balaban J connectivity index is 2.46. The van der Waals surface area contributed by atoms with Crippen molar-refractivity contribution in [3.63, 3.8) is 0 Å². The Morgan fingerprint density at radius 1 is 1.56 bits per heavy atom. The minimum absolute atomic E-state index is 0.396. The average Bonchev–Trinajstić information content (AvgIpc) is 2.28. The van der Waals surface area contributed by atoms with E-state index >= 15 is 0 Å². The highest BCUT2D eigenvalue weighted by Crippen LogP contribution is 2.17. The van der Waals surface area contributed by atoms with E-state index in [-0.39, 0.29) is 0 Å². The van der Waals surface area contributed by atoms with Gasteiger partial charge in [-0.05, 0) is 24.6 Å². The number of anilines is 1. The van der Waals surface area contributed by atoms with Crippen LogP contribution in [0.3, 0.4) is 0 Å². The van der Waals surface area contributed by atoms with E-state index in [1.165, 1.54) is 0 Å².